The Morgan fingerprint density at radius 3 is 2.76 bits per heavy atom. The number of carbonyl (C=O) groups is 1. The maximum absolute atomic E-state index is 12.1. The van der Waals surface area contributed by atoms with Crippen molar-refractivity contribution >= 4 is 27.3 Å². The second kappa shape index (κ2) is 6.85. The smallest absolute Gasteiger partial charge is 0.225 e. The summed E-state index contributed by atoms with van der Waals surface area (Å²) in [6.45, 7) is 5.42. The topological polar surface area (TPSA) is 97.2 Å². The lowest BCUT2D eigenvalue weighted by Gasteiger charge is -2.25. The van der Waals surface area contributed by atoms with Gasteiger partial charge in [-0.15, -0.1) is 11.3 Å². The average Bonchev–Trinajstić information content (AvgIpc) is 3.06. The highest BCUT2D eigenvalue weighted by molar-refractivity contribution is 7.88. The fourth-order valence-corrected chi connectivity index (χ4v) is 4.52. The van der Waals surface area contributed by atoms with Crippen LogP contribution in [0.5, 0.6) is 0 Å². The number of rotatable bonds is 5. The zero-order valence-electron chi connectivity index (χ0n) is 14.4. The molecule has 0 bridgehead atoms. The summed E-state index contributed by atoms with van der Waals surface area (Å²) in [7, 11) is -3.20. The summed E-state index contributed by atoms with van der Waals surface area (Å²) in [5.74, 6) is -0.0736. The molecular formula is C15H21N5O3S2. The van der Waals surface area contributed by atoms with Crippen LogP contribution in [0.1, 0.15) is 27.0 Å². The van der Waals surface area contributed by atoms with E-state index in [9.17, 15) is 13.2 Å². The molecular weight excluding hydrogens is 362 g/mol. The van der Waals surface area contributed by atoms with E-state index < -0.39 is 10.0 Å². The highest BCUT2D eigenvalue weighted by Crippen LogP contribution is 2.18. The Kier molecular flexibility index (Phi) is 4.94. The molecule has 3 rings (SSSR count). The molecule has 0 saturated carbocycles. The summed E-state index contributed by atoms with van der Waals surface area (Å²) < 4.78 is 26.5. The first-order valence-corrected chi connectivity index (χ1v) is 10.6. The summed E-state index contributed by atoms with van der Waals surface area (Å²) in [6.07, 6.45) is 1.52. The van der Waals surface area contributed by atoms with Gasteiger partial charge in [-0.25, -0.2) is 13.4 Å². The third-order valence-electron chi connectivity index (χ3n) is 4.07. The van der Waals surface area contributed by atoms with Gasteiger partial charge in [0.25, 0.3) is 0 Å². The minimum Gasteiger partial charge on any atom is -0.350 e. The minimum absolute atomic E-state index is 0.0736. The molecule has 0 aromatic carbocycles. The first-order valence-electron chi connectivity index (χ1n) is 7.92. The monoisotopic (exact) mass is 383 g/mol. The van der Waals surface area contributed by atoms with Gasteiger partial charge >= 0.3 is 0 Å². The van der Waals surface area contributed by atoms with E-state index in [0.717, 1.165) is 27.0 Å². The van der Waals surface area contributed by atoms with Crippen molar-refractivity contribution in [2.75, 3.05) is 12.8 Å². The van der Waals surface area contributed by atoms with Crippen LogP contribution in [-0.4, -0.2) is 46.2 Å². The molecule has 0 spiro atoms. The lowest BCUT2D eigenvalue weighted by atomic mass is 10.3. The van der Waals surface area contributed by atoms with Crippen LogP contribution in [0.4, 0.5) is 0 Å². The summed E-state index contributed by atoms with van der Waals surface area (Å²) in [5.41, 5.74) is 2.47. The van der Waals surface area contributed by atoms with Crippen LogP contribution in [0.2, 0.25) is 0 Å². The molecule has 0 saturated heterocycles. The molecule has 3 heterocycles. The molecule has 8 nitrogen and oxygen atoms in total. The third kappa shape index (κ3) is 4.25. The number of sulfonamides is 1. The van der Waals surface area contributed by atoms with Crippen molar-refractivity contribution in [3.8, 4) is 0 Å². The summed E-state index contributed by atoms with van der Waals surface area (Å²) in [4.78, 5) is 17.4. The van der Waals surface area contributed by atoms with E-state index in [1.54, 1.807) is 4.68 Å². The van der Waals surface area contributed by atoms with Gasteiger partial charge in [0.2, 0.25) is 15.9 Å². The Labute approximate surface area is 150 Å². The number of carbonyl (C=O) groups excluding carboxylic acids is 1. The van der Waals surface area contributed by atoms with Crippen molar-refractivity contribution in [3.63, 3.8) is 0 Å². The molecule has 0 aliphatic carbocycles. The minimum atomic E-state index is -3.20. The van der Waals surface area contributed by atoms with Gasteiger partial charge in [-0.1, -0.05) is 0 Å². The Bertz CT molecular complexity index is 900. The van der Waals surface area contributed by atoms with Crippen LogP contribution >= 0.6 is 11.3 Å². The zero-order valence-corrected chi connectivity index (χ0v) is 16.1. The molecule has 136 valence electrons. The largest absolute Gasteiger partial charge is 0.350 e. The molecule has 2 aromatic heterocycles. The van der Waals surface area contributed by atoms with Gasteiger partial charge < -0.3 is 5.32 Å². The van der Waals surface area contributed by atoms with Gasteiger partial charge in [0, 0.05) is 11.4 Å². The average molecular weight is 383 g/mol. The van der Waals surface area contributed by atoms with E-state index in [4.69, 9.17) is 0 Å². The lowest BCUT2D eigenvalue weighted by molar-refractivity contribution is -0.120. The summed E-state index contributed by atoms with van der Waals surface area (Å²) >= 11 is 1.53. The van der Waals surface area contributed by atoms with E-state index in [0.29, 0.717) is 32.6 Å². The van der Waals surface area contributed by atoms with Crippen LogP contribution in [0.15, 0.2) is 6.07 Å². The van der Waals surface area contributed by atoms with Gasteiger partial charge in [-0.2, -0.15) is 9.40 Å². The molecule has 25 heavy (non-hydrogen) atoms. The van der Waals surface area contributed by atoms with Crippen LogP contribution in [0, 0.1) is 13.8 Å². The summed E-state index contributed by atoms with van der Waals surface area (Å²) in [6, 6.07) is 1.85. The van der Waals surface area contributed by atoms with Crippen molar-refractivity contribution in [1.82, 2.24) is 24.4 Å². The van der Waals surface area contributed by atoms with Gasteiger partial charge in [0.1, 0.15) is 0 Å². The predicted octanol–water partition coefficient (Wildman–Crippen LogP) is 0.591. The molecule has 0 atom stereocenters. The standard InChI is InChI=1S/C15H21N5O3S2/c1-10-14(24-11(2)17-10)7-15(21)16-8-12-6-13-9-19(25(3,22)23)4-5-20(13)18-12/h6H,4-5,7-9H2,1-3H3,(H,16,21). The fourth-order valence-electron chi connectivity index (χ4n) is 2.81. The first-order chi connectivity index (χ1) is 11.7. The highest BCUT2D eigenvalue weighted by Gasteiger charge is 2.24. The van der Waals surface area contributed by atoms with Gasteiger partial charge in [-0.05, 0) is 19.9 Å². The molecule has 10 heteroatoms. The maximum atomic E-state index is 12.1. The zero-order chi connectivity index (χ0) is 18.2. The van der Waals surface area contributed by atoms with E-state index in [-0.39, 0.29) is 5.91 Å². The second-order valence-corrected chi connectivity index (χ2v) is 9.41. The number of aryl methyl sites for hydroxylation is 2. The number of thiazole rings is 1. The van der Waals surface area contributed by atoms with Crippen LogP contribution in [0.25, 0.3) is 0 Å². The highest BCUT2D eigenvalue weighted by atomic mass is 32.2. The molecule has 1 N–H and O–H groups in total. The van der Waals surface area contributed by atoms with Gasteiger partial charge in [0.05, 0.1) is 54.4 Å². The molecule has 0 fully saturated rings. The van der Waals surface area contributed by atoms with Crippen LogP contribution in [-0.2, 0) is 40.9 Å². The van der Waals surface area contributed by atoms with E-state index in [1.807, 2.05) is 19.9 Å². The molecule has 1 amide bonds. The summed E-state index contributed by atoms with van der Waals surface area (Å²) in [5, 5.41) is 8.26. The van der Waals surface area contributed by atoms with Crippen molar-refractivity contribution in [2.24, 2.45) is 0 Å². The number of nitrogens with zero attached hydrogens (tertiary/aromatic N) is 4. The van der Waals surface area contributed by atoms with Crippen molar-refractivity contribution in [3.05, 3.63) is 33.0 Å². The number of fused-ring (bicyclic) bond motifs is 1. The van der Waals surface area contributed by atoms with Crippen molar-refractivity contribution in [2.45, 2.75) is 39.9 Å². The third-order valence-corrected chi connectivity index (χ3v) is 6.39. The number of nitrogens with one attached hydrogen (secondary N) is 1. The fraction of sp³-hybridized carbons (Fsp3) is 0.533. The van der Waals surface area contributed by atoms with E-state index >= 15 is 0 Å². The number of aromatic nitrogens is 3. The van der Waals surface area contributed by atoms with E-state index in [2.05, 4.69) is 15.4 Å². The Hall–Kier alpha value is -1.78. The normalized spacial score (nSPS) is 15.2. The number of amides is 1. The second-order valence-electron chi connectivity index (χ2n) is 6.14. The lowest BCUT2D eigenvalue weighted by Crippen LogP contribution is -2.37. The molecule has 1 aliphatic heterocycles. The van der Waals surface area contributed by atoms with Crippen LogP contribution in [0.3, 0.4) is 0 Å². The molecule has 0 radical (unpaired) electrons. The van der Waals surface area contributed by atoms with E-state index in [1.165, 1.54) is 21.9 Å². The van der Waals surface area contributed by atoms with Crippen molar-refractivity contribution < 1.29 is 13.2 Å². The quantitative estimate of drug-likeness (QED) is 0.815. The number of hydrogen-bond donors (Lipinski definition) is 1. The Balaban J connectivity index is 1.59. The van der Waals surface area contributed by atoms with Crippen LogP contribution < -0.4 is 5.32 Å². The Morgan fingerprint density at radius 2 is 2.12 bits per heavy atom. The molecule has 0 unspecified atom stereocenters. The van der Waals surface area contributed by atoms with Gasteiger partial charge in [0.15, 0.2) is 0 Å². The number of hydrogen-bond acceptors (Lipinski definition) is 6. The first kappa shape index (κ1) is 18.0. The molecule has 1 aliphatic rings. The maximum Gasteiger partial charge on any atom is 0.225 e. The van der Waals surface area contributed by atoms with Crippen molar-refractivity contribution in [1.29, 1.82) is 0 Å². The Morgan fingerprint density at radius 1 is 1.36 bits per heavy atom. The van der Waals surface area contributed by atoms with Gasteiger partial charge in [-0.3, -0.25) is 9.48 Å². The molecule has 2 aromatic rings. The SMILES string of the molecule is Cc1nc(C)c(CC(=O)NCc2cc3n(n2)CCN(S(C)(=O)=O)C3)s1. The predicted molar refractivity (Wildman–Crippen MR) is 94.6 cm³/mol.